The van der Waals surface area contributed by atoms with E-state index < -0.39 is 6.10 Å². The van der Waals surface area contributed by atoms with Crippen LogP contribution >= 0.6 is 0 Å². The Bertz CT molecular complexity index is 680. The van der Waals surface area contributed by atoms with Crippen LogP contribution in [-0.4, -0.2) is 41.9 Å². The first-order chi connectivity index (χ1) is 12.7. The van der Waals surface area contributed by atoms with Crippen molar-refractivity contribution >= 4 is 5.91 Å². The highest BCUT2D eigenvalue weighted by atomic mass is 16.5. The molecule has 6 heteroatoms. The lowest BCUT2D eigenvalue weighted by Crippen LogP contribution is -2.38. The summed E-state index contributed by atoms with van der Waals surface area (Å²) in [5, 5.41) is 13.0. The van der Waals surface area contributed by atoms with E-state index in [4.69, 9.17) is 9.15 Å². The van der Waals surface area contributed by atoms with Gasteiger partial charge in [0.15, 0.2) is 11.7 Å². The molecule has 0 bridgehead atoms. The molecule has 1 aliphatic heterocycles. The first kappa shape index (κ1) is 18.6. The lowest BCUT2D eigenvalue weighted by Gasteiger charge is -2.26. The molecule has 1 aromatic heterocycles. The molecule has 1 unspecified atom stereocenters. The molecule has 2 N–H and O–H groups in total. The zero-order chi connectivity index (χ0) is 18.2. The highest BCUT2D eigenvalue weighted by Gasteiger charge is 2.22. The fourth-order valence-corrected chi connectivity index (χ4v) is 3.14. The molecule has 1 saturated heterocycles. The van der Waals surface area contributed by atoms with E-state index in [9.17, 15) is 9.90 Å². The van der Waals surface area contributed by atoms with Gasteiger partial charge in [-0.15, -0.1) is 0 Å². The zero-order valence-corrected chi connectivity index (χ0v) is 14.9. The number of aryl methyl sites for hydroxylation is 1. The third-order valence-corrected chi connectivity index (χ3v) is 4.72. The predicted molar refractivity (Wildman–Crippen MR) is 97.4 cm³/mol. The van der Waals surface area contributed by atoms with Gasteiger partial charge in [0.1, 0.15) is 0 Å². The molecular weight excluding hydrogens is 332 g/mol. The number of aliphatic hydroxyl groups is 1. The Kier molecular flexibility index (Phi) is 6.80. The summed E-state index contributed by atoms with van der Waals surface area (Å²) in [6.07, 6.45) is 4.59. The second-order valence-electron chi connectivity index (χ2n) is 6.66. The molecule has 26 heavy (non-hydrogen) atoms. The number of carbonyl (C=O) groups is 1. The second kappa shape index (κ2) is 9.50. The normalized spacial score (nSPS) is 16.3. The van der Waals surface area contributed by atoms with Crippen LogP contribution in [0.15, 0.2) is 40.9 Å². The van der Waals surface area contributed by atoms with Crippen molar-refractivity contribution in [3.05, 3.63) is 42.4 Å². The number of carbonyl (C=O) groups excluding carboxylic acids is 1. The smallest absolute Gasteiger partial charge is 0.220 e. The van der Waals surface area contributed by atoms with Crippen molar-refractivity contribution in [3.63, 3.8) is 0 Å². The molecule has 1 amide bonds. The summed E-state index contributed by atoms with van der Waals surface area (Å²) in [6, 6.07) is 9.81. The van der Waals surface area contributed by atoms with Gasteiger partial charge in [0.05, 0.1) is 12.3 Å². The molecule has 1 aliphatic rings. The van der Waals surface area contributed by atoms with E-state index in [0.29, 0.717) is 44.9 Å². The molecule has 0 spiro atoms. The number of amides is 1. The Labute approximate surface area is 153 Å². The molecular formula is C20H26N2O4. The lowest BCUT2D eigenvalue weighted by atomic mass is 9.94. The first-order valence-electron chi connectivity index (χ1n) is 9.25. The SMILES string of the molecule is O=C(CCCc1ncc(-c2ccccc2)o1)NCC(O)C1CCOCC1. The minimum absolute atomic E-state index is 0.0500. The van der Waals surface area contributed by atoms with Crippen molar-refractivity contribution in [3.8, 4) is 11.3 Å². The number of aromatic nitrogens is 1. The summed E-state index contributed by atoms with van der Waals surface area (Å²) in [5.41, 5.74) is 0.992. The first-order valence-corrected chi connectivity index (χ1v) is 9.25. The Morgan fingerprint density at radius 2 is 2.04 bits per heavy atom. The van der Waals surface area contributed by atoms with Crippen molar-refractivity contribution in [2.75, 3.05) is 19.8 Å². The van der Waals surface area contributed by atoms with E-state index in [0.717, 1.165) is 24.2 Å². The minimum atomic E-state index is -0.497. The zero-order valence-electron chi connectivity index (χ0n) is 14.9. The molecule has 3 rings (SSSR count). The molecule has 1 atom stereocenters. The number of nitrogens with zero attached hydrogens (tertiary/aromatic N) is 1. The number of rotatable bonds is 8. The summed E-state index contributed by atoms with van der Waals surface area (Å²) in [7, 11) is 0. The molecule has 140 valence electrons. The fourth-order valence-electron chi connectivity index (χ4n) is 3.14. The van der Waals surface area contributed by atoms with Gasteiger partial charge in [-0.3, -0.25) is 4.79 Å². The maximum Gasteiger partial charge on any atom is 0.220 e. The Balaban J connectivity index is 1.35. The van der Waals surface area contributed by atoms with Gasteiger partial charge in [-0.25, -0.2) is 4.98 Å². The van der Waals surface area contributed by atoms with Crippen molar-refractivity contribution in [2.45, 2.75) is 38.2 Å². The van der Waals surface area contributed by atoms with Crippen LogP contribution in [0.4, 0.5) is 0 Å². The number of ether oxygens (including phenoxy) is 1. The van der Waals surface area contributed by atoms with E-state index in [2.05, 4.69) is 10.3 Å². The van der Waals surface area contributed by atoms with Crippen LogP contribution in [0.2, 0.25) is 0 Å². The highest BCUT2D eigenvalue weighted by molar-refractivity contribution is 5.75. The van der Waals surface area contributed by atoms with Crippen molar-refractivity contribution in [1.29, 1.82) is 0 Å². The predicted octanol–water partition coefficient (Wildman–Crippen LogP) is 2.57. The third kappa shape index (κ3) is 5.41. The number of benzene rings is 1. The van der Waals surface area contributed by atoms with Gasteiger partial charge in [-0.1, -0.05) is 30.3 Å². The van der Waals surface area contributed by atoms with Gasteiger partial charge < -0.3 is 19.6 Å². The van der Waals surface area contributed by atoms with Crippen LogP contribution in [0.1, 0.15) is 31.6 Å². The number of hydrogen-bond acceptors (Lipinski definition) is 5. The van der Waals surface area contributed by atoms with Crippen LogP contribution < -0.4 is 5.32 Å². The van der Waals surface area contributed by atoms with Gasteiger partial charge in [0, 0.05) is 38.2 Å². The Morgan fingerprint density at radius 1 is 1.27 bits per heavy atom. The quantitative estimate of drug-likeness (QED) is 0.758. The minimum Gasteiger partial charge on any atom is -0.441 e. The van der Waals surface area contributed by atoms with E-state index in [1.807, 2.05) is 30.3 Å². The monoisotopic (exact) mass is 358 g/mol. The van der Waals surface area contributed by atoms with Gasteiger partial charge in [0.25, 0.3) is 0 Å². The molecule has 2 aromatic rings. The molecule has 1 aromatic carbocycles. The third-order valence-electron chi connectivity index (χ3n) is 4.72. The van der Waals surface area contributed by atoms with E-state index in [1.54, 1.807) is 6.20 Å². The Hall–Kier alpha value is -2.18. The van der Waals surface area contributed by atoms with Crippen molar-refractivity contribution < 1.29 is 19.1 Å². The van der Waals surface area contributed by atoms with Crippen LogP contribution in [0.3, 0.4) is 0 Å². The molecule has 0 aliphatic carbocycles. The summed E-state index contributed by atoms with van der Waals surface area (Å²) in [5.74, 6) is 1.54. The molecule has 6 nitrogen and oxygen atoms in total. The summed E-state index contributed by atoms with van der Waals surface area (Å²) < 4.78 is 11.0. The number of aliphatic hydroxyl groups excluding tert-OH is 1. The topological polar surface area (TPSA) is 84.6 Å². The van der Waals surface area contributed by atoms with E-state index in [-0.39, 0.29) is 11.8 Å². The Morgan fingerprint density at radius 3 is 2.81 bits per heavy atom. The average Bonchev–Trinajstić information content (AvgIpc) is 3.16. The number of nitrogens with one attached hydrogen (secondary N) is 1. The van der Waals surface area contributed by atoms with Gasteiger partial charge in [-0.2, -0.15) is 0 Å². The van der Waals surface area contributed by atoms with Crippen molar-refractivity contribution in [1.82, 2.24) is 10.3 Å². The van der Waals surface area contributed by atoms with Gasteiger partial charge >= 0.3 is 0 Å². The molecule has 2 heterocycles. The molecule has 0 radical (unpaired) electrons. The van der Waals surface area contributed by atoms with Crippen LogP contribution in [0, 0.1) is 5.92 Å². The summed E-state index contributed by atoms with van der Waals surface area (Å²) in [4.78, 5) is 16.2. The second-order valence-corrected chi connectivity index (χ2v) is 6.66. The summed E-state index contributed by atoms with van der Waals surface area (Å²) in [6.45, 7) is 1.69. The maximum atomic E-state index is 11.9. The maximum absolute atomic E-state index is 11.9. The molecule has 1 fully saturated rings. The van der Waals surface area contributed by atoms with E-state index in [1.165, 1.54) is 0 Å². The largest absolute Gasteiger partial charge is 0.441 e. The van der Waals surface area contributed by atoms with Gasteiger partial charge in [0.2, 0.25) is 5.91 Å². The molecule has 0 saturated carbocycles. The van der Waals surface area contributed by atoms with Crippen LogP contribution in [0.25, 0.3) is 11.3 Å². The van der Waals surface area contributed by atoms with Gasteiger partial charge in [-0.05, 0) is 25.2 Å². The average molecular weight is 358 g/mol. The van der Waals surface area contributed by atoms with E-state index >= 15 is 0 Å². The van der Waals surface area contributed by atoms with Crippen molar-refractivity contribution in [2.24, 2.45) is 5.92 Å². The highest BCUT2D eigenvalue weighted by Crippen LogP contribution is 2.20. The fraction of sp³-hybridized carbons (Fsp3) is 0.500. The van der Waals surface area contributed by atoms with Crippen LogP contribution in [-0.2, 0) is 16.0 Å². The number of hydrogen-bond donors (Lipinski definition) is 2. The lowest BCUT2D eigenvalue weighted by molar-refractivity contribution is -0.122. The van der Waals surface area contributed by atoms with Crippen LogP contribution in [0.5, 0.6) is 0 Å². The summed E-state index contributed by atoms with van der Waals surface area (Å²) >= 11 is 0. The standard InChI is InChI=1S/C20H26N2O4/c23-17(15-9-11-25-12-10-15)13-21-19(24)7-4-8-20-22-14-18(26-20)16-5-2-1-3-6-16/h1-3,5-6,14-15,17,23H,4,7-13H2,(H,21,24). The number of oxazole rings is 1.